The molecule has 0 heterocycles. The lowest BCUT2D eigenvalue weighted by atomic mass is 9.88. The predicted octanol–water partition coefficient (Wildman–Crippen LogP) is 4.17. The first-order chi connectivity index (χ1) is 4.99. The molecule has 0 aromatic heterocycles. The normalized spacial score (nSPS) is 13.7. The number of hydrogen-bond acceptors (Lipinski definition) is 0. The summed E-state index contributed by atoms with van der Waals surface area (Å²) in [6, 6.07) is 0. The first-order valence-electron chi connectivity index (χ1n) is 4.63. The molecule has 0 aliphatic heterocycles. The molecule has 0 bridgehead atoms. The summed E-state index contributed by atoms with van der Waals surface area (Å²) in [7, 11) is 0. The van der Waals surface area contributed by atoms with Gasteiger partial charge in [0, 0.05) is 0 Å². The van der Waals surface area contributed by atoms with Crippen molar-refractivity contribution in [2.75, 3.05) is 0 Å². The fourth-order valence-corrected chi connectivity index (χ4v) is 1.06. The van der Waals surface area contributed by atoms with E-state index in [9.17, 15) is 0 Å². The summed E-state index contributed by atoms with van der Waals surface area (Å²) < 4.78 is 0. The van der Waals surface area contributed by atoms with E-state index in [1.807, 2.05) is 0 Å². The Balaban J connectivity index is 3.70. The molecule has 0 unspecified atom stereocenters. The average Bonchev–Trinajstić information content (AvgIpc) is 1.88. The van der Waals surface area contributed by atoms with Gasteiger partial charge >= 0.3 is 0 Å². The Bertz CT molecular complexity index is 123. The third-order valence-electron chi connectivity index (χ3n) is 2.06. The highest BCUT2D eigenvalue weighted by molar-refractivity contribution is 4.99. The Labute approximate surface area is 71.7 Å². The van der Waals surface area contributed by atoms with Crippen LogP contribution in [0.3, 0.4) is 0 Å². The van der Waals surface area contributed by atoms with Gasteiger partial charge in [0.15, 0.2) is 0 Å². The molecule has 0 atom stereocenters. The minimum absolute atomic E-state index is 0.490. The lowest BCUT2D eigenvalue weighted by Crippen LogP contribution is -2.04. The molecule has 0 radical (unpaired) electrons. The molecule has 0 aromatic carbocycles. The number of hydrogen-bond donors (Lipinski definition) is 0. The summed E-state index contributed by atoms with van der Waals surface area (Å²) in [5.74, 6) is 0. The van der Waals surface area contributed by atoms with Crippen LogP contribution in [0.1, 0.15) is 53.9 Å². The van der Waals surface area contributed by atoms with Crippen molar-refractivity contribution in [1.82, 2.24) is 0 Å². The van der Waals surface area contributed by atoms with Crippen LogP contribution in [0.25, 0.3) is 0 Å². The van der Waals surface area contributed by atoms with Crippen molar-refractivity contribution in [3.05, 3.63) is 11.6 Å². The van der Waals surface area contributed by atoms with Gasteiger partial charge in [-0.3, -0.25) is 0 Å². The van der Waals surface area contributed by atoms with E-state index < -0.39 is 0 Å². The highest BCUT2D eigenvalue weighted by atomic mass is 14.1. The zero-order valence-electron chi connectivity index (χ0n) is 8.70. The number of allylic oxidation sites excluding steroid dienone is 2. The molecular formula is C11H22. The molecule has 0 fully saturated rings. The highest BCUT2D eigenvalue weighted by Crippen LogP contribution is 2.24. The highest BCUT2D eigenvalue weighted by Gasteiger charge is 2.09. The molecule has 0 amide bonds. The van der Waals surface area contributed by atoms with Crippen LogP contribution in [-0.2, 0) is 0 Å². The van der Waals surface area contributed by atoms with Gasteiger partial charge in [0.2, 0.25) is 0 Å². The van der Waals surface area contributed by atoms with Crippen LogP contribution in [0.4, 0.5) is 0 Å². The second-order valence-corrected chi connectivity index (χ2v) is 4.36. The summed E-state index contributed by atoms with van der Waals surface area (Å²) in [6.07, 6.45) is 6.05. The van der Waals surface area contributed by atoms with Gasteiger partial charge in [0.05, 0.1) is 0 Å². The van der Waals surface area contributed by atoms with Crippen molar-refractivity contribution >= 4 is 0 Å². The SMILES string of the molecule is CC=C(CC)CCC(C)(C)C. The molecule has 11 heavy (non-hydrogen) atoms. The molecule has 0 N–H and O–H groups in total. The molecular weight excluding hydrogens is 132 g/mol. The second kappa shape index (κ2) is 4.58. The average molecular weight is 154 g/mol. The standard InChI is InChI=1S/C11H22/c1-6-10(7-2)8-9-11(3,4)5/h6H,7-9H2,1-5H3. The third-order valence-corrected chi connectivity index (χ3v) is 2.06. The fraction of sp³-hybridized carbons (Fsp3) is 0.818. The van der Waals surface area contributed by atoms with Crippen molar-refractivity contribution in [3.8, 4) is 0 Å². The minimum atomic E-state index is 0.490. The van der Waals surface area contributed by atoms with Crippen LogP contribution in [0.15, 0.2) is 11.6 Å². The fourth-order valence-electron chi connectivity index (χ4n) is 1.06. The summed E-state index contributed by atoms with van der Waals surface area (Å²) in [6.45, 7) is 11.3. The Morgan fingerprint density at radius 1 is 1.27 bits per heavy atom. The van der Waals surface area contributed by atoms with Crippen molar-refractivity contribution in [2.45, 2.75) is 53.9 Å². The molecule has 0 aliphatic rings. The molecule has 0 heteroatoms. The first kappa shape index (κ1) is 10.7. The van der Waals surface area contributed by atoms with Gasteiger partial charge in [-0.05, 0) is 31.6 Å². The zero-order chi connectivity index (χ0) is 8.91. The van der Waals surface area contributed by atoms with E-state index >= 15 is 0 Å². The molecule has 0 saturated heterocycles. The molecule has 0 spiro atoms. The quantitative estimate of drug-likeness (QED) is 0.535. The van der Waals surface area contributed by atoms with Crippen molar-refractivity contribution in [3.63, 3.8) is 0 Å². The van der Waals surface area contributed by atoms with Crippen LogP contribution < -0.4 is 0 Å². The van der Waals surface area contributed by atoms with E-state index in [0.29, 0.717) is 5.41 Å². The lowest BCUT2D eigenvalue weighted by molar-refractivity contribution is 0.376. The summed E-state index contributed by atoms with van der Waals surface area (Å²) in [5.41, 5.74) is 2.09. The smallest absolute Gasteiger partial charge is 0.0316 e. The van der Waals surface area contributed by atoms with Crippen LogP contribution in [-0.4, -0.2) is 0 Å². The van der Waals surface area contributed by atoms with Crippen molar-refractivity contribution in [1.29, 1.82) is 0 Å². The Morgan fingerprint density at radius 2 is 1.82 bits per heavy atom. The molecule has 0 aromatic rings. The Kier molecular flexibility index (Phi) is 4.48. The van der Waals surface area contributed by atoms with E-state index in [2.05, 4.69) is 40.7 Å². The lowest BCUT2D eigenvalue weighted by Gasteiger charge is -2.18. The number of rotatable bonds is 3. The minimum Gasteiger partial charge on any atom is -0.0885 e. The molecule has 0 aliphatic carbocycles. The summed E-state index contributed by atoms with van der Waals surface area (Å²) >= 11 is 0. The van der Waals surface area contributed by atoms with Crippen molar-refractivity contribution < 1.29 is 0 Å². The predicted molar refractivity (Wildman–Crippen MR) is 52.7 cm³/mol. The Morgan fingerprint density at radius 3 is 2.09 bits per heavy atom. The van der Waals surface area contributed by atoms with Crippen molar-refractivity contribution in [2.24, 2.45) is 5.41 Å². The van der Waals surface area contributed by atoms with Gasteiger partial charge in [0.25, 0.3) is 0 Å². The monoisotopic (exact) mass is 154 g/mol. The molecule has 66 valence electrons. The largest absolute Gasteiger partial charge is 0.0885 e. The summed E-state index contributed by atoms with van der Waals surface area (Å²) in [4.78, 5) is 0. The molecule has 0 nitrogen and oxygen atoms in total. The van der Waals surface area contributed by atoms with Crippen LogP contribution >= 0.6 is 0 Å². The van der Waals surface area contributed by atoms with Gasteiger partial charge in [0.1, 0.15) is 0 Å². The Hall–Kier alpha value is -0.260. The topological polar surface area (TPSA) is 0 Å². The maximum Gasteiger partial charge on any atom is -0.0316 e. The van der Waals surface area contributed by atoms with E-state index in [0.717, 1.165) is 0 Å². The molecule has 0 saturated carbocycles. The van der Waals surface area contributed by atoms with Crippen LogP contribution in [0.2, 0.25) is 0 Å². The van der Waals surface area contributed by atoms with E-state index in [1.165, 1.54) is 19.3 Å². The van der Waals surface area contributed by atoms with E-state index in [-0.39, 0.29) is 0 Å². The maximum atomic E-state index is 2.30. The zero-order valence-corrected chi connectivity index (χ0v) is 8.70. The second-order valence-electron chi connectivity index (χ2n) is 4.36. The van der Waals surface area contributed by atoms with Gasteiger partial charge in [-0.25, -0.2) is 0 Å². The van der Waals surface area contributed by atoms with Gasteiger partial charge in [-0.1, -0.05) is 39.3 Å². The van der Waals surface area contributed by atoms with Gasteiger partial charge in [-0.15, -0.1) is 0 Å². The molecule has 0 rings (SSSR count). The summed E-state index contributed by atoms with van der Waals surface area (Å²) in [5, 5.41) is 0. The first-order valence-corrected chi connectivity index (χ1v) is 4.63. The van der Waals surface area contributed by atoms with E-state index in [4.69, 9.17) is 0 Å². The van der Waals surface area contributed by atoms with Gasteiger partial charge < -0.3 is 0 Å². The third kappa shape index (κ3) is 6.15. The van der Waals surface area contributed by atoms with Crippen LogP contribution in [0.5, 0.6) is 0 Å². The van der Waals surface area contributed by atoms with E-state index in [1.54, 1.807) is 5.57 Å². The van der Waals surface area contributed by atoms with Crippen LogP contribution in [0, 0.1) is 5.41 Å². The maximum absolute atomic E-state index is 2.30. The van der Waals surface area contributed by atoms with Gasteiger partial charge in [-0.2, -0.15) is 0 Å².